The first-order valence-corrected chi connectivity index (χ1v) is 13.1. The maximum atomic E-state index is 13.1. The van der Waals surface area contributed by atoms with Gasteiger partial charge < -0.3 is 10.1 Å². The molecule has 0 atom stereocenters. The number of sulfonamides is 1. The molecule has 0 bridgehead atoms. The summed E-state index contributed by atoms with van der Waals surface area (Å²) in [6.45, 7) is 5.59. The van der Waals surface area contributed by atoms with Crippen molar-refractivity contribution < 1.29 is 27.5 Å². The van der Waals surface area contributed by atoms with Gasteiger partial charge in [-0.2, -0.15) is 4.31 Å². The number of nitrogens with one attached hydrogen (secondary N) is 1. The molecule has 0 aromatic heterocycles. The lowest BCUT2D eigenvalue weighted by atomic mass is 10.1. The van der Waals surface area contributed by atoms with Crippen LogP contribution in [0.2, 0.25) is 0 Å². The summed E-state index contributed by atoms with van der Waals surface area (Å²) < 4.78 is 32.9. The van der Waals surface area contributed by atoms with Crippen LogP contribution in [0.15, 0.2) is 47.4 Å². The molecule has 2 aromatic rings. The van der Waals surface area contributed by atoms with E-state index in [1.807, 2.05) is 13.8 Å². The van der Waals surface area contributed by atoms with E-state index in [9.17, 15) is 22.8 Å². The Morgan fingerprint density at radius 3 is 2.43 bits per heavy atom. The molecule has 0 saturated carbocycles. The lowest BCUT2D eigenvalue weighted by Crippen LogP contribution is -2.41. The number of carbonyl (C=O) groups excluding carboxylic acids is 3. The highest BCUT2D eigenvalue weighted by Crippen LogP contribution is 2.25. The molecule has 186 valence electrons. The number of imide groups is 1. The molecule has 0 aliphatic carbocycles. The quantitative estimate of drug-likeness (QED) is 0.558. The smallest absolute Gasteiger partial charge is 0.261 e. The van der Waals surface area contributed by atoms with Crippen molar-refractivity contribution in [2.24, 2.45) is 5.92 Å². The highest BCUT2D eigenvalue weighted by atomic mass is 32.2. The van der Waals surface area contributed by atoms with E-state index in [2.05, 4.69) is 5.32 Å². The van der Waals surface area contributed by atoms with E-state index in [0.717, 1.165) is 0 Å². The van der Waals surface area contributed by atoms with Crippen molar-refractivity contribution in [2.45, 2.75) is 31.7 Å². The molecular weight excluding hydrogens is 470 g/mol. The van der Waals surface area contributed by atoms with E-state index in [1.165, 1.54) is 33.5 Å². The normalized spacial score (nSPS) is 16.6. The fourth-order valence-electron chi connectivity index (χ4n) is 4.13. The number of morpholine rings is 1. The molecule has 2 heterocycles. The molecule has 2 aliphatic heterocycles. The zero-order valence-corrected chi connectivity index (χ0v) is 20.6. The molecule has 0 radical (unpaired) electrons. The predicted molar refractivity (Wildman–Crippen MR) is 128 cm³/mol. The van der Waals surface area contributed by atoms with Crippen molar-refractivity contribution >= 4 is 27.7 Å². The monoisotopic (exact) mass is 499 g/mol. The van der Waals surface area contributed by atoms with Gasteiger partial charge >= 0.3 is 0 Å². The number of rotatable bonds is 8. The number of ether oxygens (including phenoxy) is 1. The van der Waals surface area contributed by atoms with Gasteiger partial charge in [-0.05, 0) is 42.2 Å². The number of benzene rings is 2. The van der Waals surface area contributed by atoms with E-state index in [-0.39, 0.29) is 47.1 Å². The van der Waals surface area contributed by atoms with Crippen LogP contribution in [0.3, 0.4) is 0 Å². The zero-order chi connectivity index (χ0) is 25.2. The van der Waals surface area contributed by atoms with Crippen molar-refractivity contribution in [1.29, 1.82) is 0 Å². The Labute approximate surface area is 205 Å². The van der Waals surface area contributed by atoms with Crippen LogP contribution in [0.4, 0.5) is 0 Å². The van der Waals surface area contributed by atoms with Crippen LogP contribution < -0.4 is 5.32 Å². The van der Waals surface area contributed by atoms with Crippen LogP contribution in [0.25, 0.3) is 0 Å². The van der Waals surface area contributed by atoms with Crippen molar-refractivity contribution in [2.75, 3.05) is 32.8 Å². The summed E-state index contributed by atoms with van der Waals surface area (Å²) >= 11 is 0. The van der Waals surface area contributed by atoms with Gasteiger partial charge in [0.25, 0.3) is 17.7 Å². The number of hydrogen-bond acceptors (Lipinski definition) is 6. The number of nitrogens with zero attached hydrogens (tertiary/aromatic N) is 2. The minimum atomic E-state index is -3.73. The van der Waals surface area contributed by atoms with E-state index in [1.54, 1.807) is 18.2 Å². The van der Waals surface area contributed by atoms with Crippen molar-refractivity contribution in [3.8, 4) is 0 Å². The van der Waals surface area contributed by atoms with Crippen LogP contribution in [0, 0.1) is 5.92 Å². The molecule has 0 unspecified atom stereocenters. The third kappa shape index (κ3) is 5.14. The van der Waals surface area contributed by atoms with Crippen LogP contribution in [-0.2, 0) is 21.3 Å². The summed E-state index contributed by atoms with van der Waals surface area (Å²) in [6, 6.07) is 11.0. The van der Waals surface area contributed by atoms with Crippen molar-refractivity contribution in [3.05, 3.63) is 64.7 Å². The maximum Gasteiger partial charge on any atom is 0.261 e. The second-order valence-corrected chi connectivity index (χ2v) is 10.9. The summed E-state index contributed by atoms with van der Waals surface area (Å²) in [7, 11) is -3.73. The Hall–Kier alpha value is -3.08. The Morgan fingerprint density at radius 1 is 1.03 bits per heavy atom. The van der Waals surface area contributed by atoms with Crippen LogP contribution in [0.1, 0.15) is 56.9 Å². The van der Waals surface area contributed by atoms with Gasteiger partial charge in [-0.1, -0.05) is 32.0 Å². The van der Waals surface area contributed by atoms with Gasteiger partial charge in [0.15, 0.2) is 0 Å². The van der Waals surface area contributed by atoms with Gasteiger partial charge in [-0.3, -0.25) is 19.3 Å². The Balaban J connectivity index is 1.48. The Bertz CT molecular complexity index is 1250. The fourth-order valence-corrected chi connectivity index (χ4v) is 5.76. The number of hydrogen-bond donors (Lipinski definition) is 1. The number of amides is 3. The molecule has 35 heavy (non-hydrogen) atoms. The molecule has 10 heteroatoms. The standard InChI is InChI=1S/C25H29N3O6S/c1-17(2)9-10-28-24(30)20-8-7-18(15-21(20)25(28)31)23(29)26-16-19-5-3-4-6-22(19)35(32,33)27-11-13-34-14-12-27/h3-8,15,17H,9-14,16H2,1-2H3,(H,26,29). The first-order valence-electron chi connectivity index (χ1n) is 11.6. The summed E-state index contributed by atoms with van der Waals surface area (Å²) in [6.07, 6.45) is 0.700. The van der Waals surface area contributed by atoms with Crippen molar-refractivity contribution in [1.82, 2.24) is 14.5 Å². The number of carbonyl (C=O) groups is 3. The minimum Gasteiger partial charge on any atom is -0.379 e. The molecule has 2 aliphatic rings. The van der Waals surface area contributed by atoms with Crippen LogP contribution in [0.5, 0.6) is 0 Å². The van der Waals surface area contributed by atoms with E-state index in [4.69, 9.17) is 4.74 Å². The fraction of sp³-hybridized carbons (Fsp3) is 0.400. The summed E-state index contributed by atoms with van der Waals surface area (Å²) in [5.74, 6) is -0.870. The van der Waals surface area contributed by atoms with E-state index in [0.29, 0.717) is 37.7 Å². The minimum absolute atomic E-state index is 0.0109. The SMILES string of the molecule is CC(C)CCN1C(=O)c2ccc(C(=O)NCc3ccccc3S(=O)(=O)N3CCOCC3)cc2C1=O. The first kappa shape index (κ1) is 25.0. The maximum absolute atomic E-state index is 13.1. The highest BCUT2D eigenvalue weighted by Gasteiger charge is 2.36. The molecule has 2 aromatic carbocycles. The molecule has 4 rings (SSSR count). The summed E-state index contributed by atoms with van der Waals surface area (Å²) in [4.78, 5) is 39.6. The molecule has 0 spiro atoms. The Kier molecular flexibility index (Phi) is 7.34. The van der Waals surface area contributed by atoms with Gasteiger partial charge in [0, 0.05) is 31.7 Å². The van der Waals surface area contributed by atoms with Gasteiger partial charge in [-0.15, -0.1) is 0 Å². The summed E-state index contributed by atoms with van der Waals surface area (Å²) in [5.41, 5.74) is 1.18. The summed E-state index contributed by atoms with van der Waals surface area (Å²) in [5, 5.41) is 2.74. The molecular formula is C25H29N3O6S. The average molecular weight is 500 g/mol. The lowest BCUT2D eigenvalue weighted by molar-refractivity contribution is 0.0647. The van der Waals surface area contributed by atoms with Gasteiger partial charge in [0.05, 0.1) is 29.2 Å². The van der Waals surface area contributed by atoms with Gasteiger partial charge in [0.2, 0.25) is 10.0 Å². The largest absolute Gasteiger partial charge is 0.379 e. The van der Waals surface area contributed by atoms with Crippen LogP contribution >= 0.6 is 0 Å². The van der Waals surface area contributed by atoms with Crippen LogP contribution in [-0.4, -0.2) is 68.2 Å². The molecule has 9 nitrogen and oxygen atoms in total. The van der Waals surface area contributed by atoms with E-state index < -0.39 is 21.8 Å². The number of fused-ring (bicyclic) bond motifs is 1. The molecule has 1 fully saturated rings. The molecule has 1 saturated heterocycles. The third-order valence-electron chi connectivity index (χ3n) is 6.16. The average Bonchev–Trinajstić information content (AvgIpc) is 3.10. The predicted octanol–water partition coefficient (Wildman–Crippen LogP) is 2.28. The third-order valence-corrected chi connectivity index (χ3v) is 8.16. The lowest BCUT2D eigenvalue weighted by Gasteiger charge is -2.27. The topological polar surface area (TPSA) is 113 Å². The van der Waals surface area contributed by atoms with Crippen molar-refractivity contribution in [3.63, 3.8) is 0 Å². The zero-order valence-electron chi connectivity index (χ0n) is 19.8. The Morgan fingerprint density at radius 2 is 1.71 bits per heavy atom. The van der Waals surface area contributed by atoms with Gasteiger partial charge in [-0.25, -0.2) is 8.42 Å². The van der Waals surface area contributed by atoms with E-state index >= 15 is 0 Å². The first-order chi connectivity index (χ1) is 16.7. The molecule has 1 N–H and O–H groups in total. The second-order valence-electron chi connectivity index (χ2n) is 9.01. The van der Waals surface area contributed by atoms with Gasteiger partial charge in [0.1, 0.15) is 0 Å². The highest BCUT2D eigenvalue weighted by molar-refractivity contribution is 7.89. The molecule has 3 amide bonds. The second kappa shape index (κ2) is 10.3.